The summed E-state index contributed by atoms with van der Waals surface area (Å²) >= 11 is 0. The van der Waals surface area contributed by atoms with Gasteiger partial charge in [-0.25, -0.2) is 0 Å². The van der Waals surface area contributed by atoms with Crippen LogP contribution in [0.4, 0.5) is 0 Å². The molecule has 0 atom stereocenters. The van der Waals surface area contributed by atoms with Crippen LogP contribution in [0.2, 0.25) is 0 Å². The van der Waals surface area contributed by atoms with E-state index in [1.807, 2.05) is 6.07 Å². The zero-order valence-electron chi connectivity index (χ0n) is 6.75. The lowest BCUT2D eigenvalue weighted by atomic mass is 10.3. The fraction of sp³-hybridized carbons (Fsp3) is 0.444. The Bertz CT molecular complexity index is 262. The Morgan fingerprint density at radius 2 is 2.50 bits per heavy atom. The lowest BCUT2D eigenvalue weighted by Crippen LogP contribution is -2.23. The topological polar surface area (TPSA) is 42.2 Å². The van der Waals surface area contributed by atoms with Gasteiger partial charge in [-0.15, -0.1) is 0 Å². The van der Waals surface area contributed by atoms with E-state index < -0.39 is 0 Å². The van der Waals surface area contributed by atoms with E-state index in [0.717, 1.165) is 18.4 Å². The molecular weight excluding hydrogens is 154 g/mol. The number of rotatable bonds is 3. The van der Waals surface area contributed by atoms with Crippen molar-refractivity contribution in [2.75, 3.05) is 0 Å². The van der Waals surface area contributed by atoms with E-state index >= 15 is 0 Å². The fourth-order valence-electron chi connectivity index (χ4n) is 1.07. The van der Waals surface area contributed by atoms with Gasteiger partial charge in [0.25, 0.3) is 0 Å². The molecule has 0 bridgehead atoms. The van der Waals surface area contributed by atoms with Crippen molar-refractivity contribution in [3.63, 3.8) is 0 Å². The molecule has 0 radical (unpaired) electrons. The molecule has 3 nitrogen and oxygen atoms in total. The molecule has 2 rings (SSSR count). The van der Waals surface area contributed by atoms with E-state index in [9.17, 15) is 4.79 Å². The lowest BCUT2D eigenvalue weighted by molar-refractivity contribution is -0.122. The Morgan fingerprint density at radius 1 is 1.67 bits per heavy atom. The Labute approximate surface area is 70.8 Å². The van der Waals surface area contributed by atoms with Crippen molar-refractivity contribution < 1.29 is 9.21 Å². The molecular formula is C9H11NO2. The molecule has 1 saturated carbocycles. The van der Waals surface area contributed by atoms with E-state index in [2.05, 4.69) is 5.32 Å². The van der Waals surface area contributed by atoms with Crippen LogP contribution in [0.15, 0.2) is 23.0 Å². The molecule has 64 valence electrons. The van der Waals surface area contributed by atoms with Crippen molar-refractivity contribution in [1.29, 1.82) is 0 Å². The average molecular weight is 165 g/mol. The summed E-state index contributed by atoms with van der Waals surface area (Å²) in [5.74, 6) is 0.466. The van der Waals surface area contributed by atoms with Crippen LogP contribution in [0.5, 0.6) is 0 Å². The summed E-state index contributed by atoms with van der Waals surface area (Å²) in [6.45, 7) is 0.589. The SMILES string of the molecule is O=C(NCc1ccoc1)C1CC1. The maximum atomic E-state index is 11.2. The van der Waals surface area contributed by atoms with Gasteiger partial charge in [0.2, 0.25) is 5.91 Å². The predicted molar refractivity (Wildman–Crippen MR) is 43.3 cm³/mol. The Morgan fingerprint density at radius 3 is 3.08 bits per heavy atom. The minimum absolute atomic E-state index is 0.177. The van der Waals surface area contributed by atoms with Gasteiger partial charge in [0.05, 0.1) is 12.5 Å². The summed E-state index contributed by atoms with van der Waals surface area (Å²) < 4.78 is 4.87. The van der Waals surface area contributed by atoms with Crippen LogP contribution in [0, 0.1) is 5.92 Å². The molecule has 1 aliphatic rings. The van der Waals surface area contributed by atoms with Gasteiger partial charge in [0, 0.05) is 18.0 Å². The van der Waals surface area contributed by atoms with Gasteiger partial charge in [0.15, 0.2) is 0 Å². The lowest BCUT2D eigenvalue weighted by Gasteiger charge is -1.99. The standard InChI is InChI=1S/C9H11NO2/c11-9(8-1-2-8)10-5-7-3-4-12-6-7/h3-4,6,8H,1-2,5H2,(H,10,11). The molecule has 1 aliphatic carbocycles. The molecule has 0 aromatic carbocycles. The Hall–Kier alpha value is -1.25. The molecule has 0 aliphatic heterocycles. The summed E-state index contributed by atoms with van der Waals surface area (Å²) in [7, 11) is 0. The third-order valence-corrected chi connectivity index (χ3v) is 1.99. The van der Waals surface area contributed by atoms with Gasteiger partial charge in [-0.05, 0) is 18.9 Å². The Kier molecular flexibility index (Phi) is 1.86. The molecule has 1 aromatic rings. The van der Waals surface area contributed by atoms with Gasteiger partial charge >= 0.3 is 0 Å². The summed E-state index contributed by atoms with van der Waals surface area (Å²) in [6, 6.07) is 1.85. The second-order valence-electron chi connectivity index (χ2n) is 3.12. The van der Waals surface area contributed by atoms with E-state index in [1.54, 1.807) is 12.5 Å². The highest BCUT2D eigenvalue weighted by molar-refractivity contribution is 5.80. The van der Waals surface area contributed by atoms with Crippen molar-refractivity contribution in [3.05, 3.63) is 24.2 Å². The zero-order chi connectivity index (χ0) is 8.39. The maximum absolute atomic E-state index is 11.2. The van der Waals surface area contributed by atoms with Gasteiger partial charge in [-0.2, -0.15) is 0 Å². The first kappa shape index (κ1) is 7.40. The second kappa shape index (κ2) is 3.01. The smallest absolute Gasteiger partial charge is 0.223 e. The van der Waals surface area contributed by atoms with Gasteiger partial charge in [0.1, 0.15) is 0 Å². The molecule has 0 saturated heterocycles. The zero-order valence-corrected chi connectivity index (χ0v) is 6.75. The number of carbonyl (C=O) groups excluding carboxylic acids is 1. The fourth-order valence-corrected chi connectivity index (χ4v) is 1.07. The monoisotopic (exact) mass is 165 g/mol. The quantitative estimate of drug-likeness (QED) is 0.733. The first-order valence-electron chi connectivity index (χ1n) is 4.15. The van der Waals surface area contributed by atoms with Crippen LogP contribution in [0.3, 0.4) is 0 Å². The molecule has 0 spiro atoms. The van der Waals surface area contributed by atoms with Crippen LogP contribution < -0.4 is 5.32 Å². The Balaban J connectivity index is 1.78. The first-order chi connectivity index (χ1) is 5.86. The van der Waals surface area contributed by atoms with Crippen LogP contribution in [0.25, 0.3) is 0 Å². The van der Waals surface area contributed by atoms with Crippen molar-refractivity contribution in [3.8, 4) is 0 Å². The molecule has 1 aromatic heterocycles. The number of hydrogen-bond acceptors (Lipinski definition) is 2. The van der Waals surface area contributed by atoms with Crippen molar-refractivity contribution in [1.82, 2.24) is 5.32 Å². The number of amides is 1. The van der Waals surface area contributed by atoms with Crippen molar-refractivity contribution >= 4 is 5.91 Å². The molecule has 1 amide bonds. The summed E-state index contributed by atoms with van der Waals surface area (Å²) in [4.78, 5) is 11.2. The predicted octanol–water partition coefficient (Wildman–Crippen LogP) is 1.31. The number of furan rings is 1. The third-order valence-electron chi connectivity index (χ3n) is 1.99. The molecule has 1 fully saturated rings. The molecule has 0 unspecified atom stereocenters. The highest BCUT2D eigenvalue weighted by Gasteiger charge is 2.29. The van der Waals surface area contributed by atoms with Crippen LogP contribution in [0.1, 0.15) is 18.4 Å². The van der Waals surface area contributed by atoms with Crippen molar-refractivity contribution in [2.24, 2.45) is 5.92 Å². The van der Waals surface area contributed by atoms with E-state index in [1.165, 1.54) is 0 Å². The maximum Gasteiger partial charge on any atom is 0.223 e. The van der Waals surface area contributed by atoms with E-state index in [4.69, 9.17) is 4.42 Å². The summed E-state index contributed by atoms with van der Waals surface area (Å²) in [5, 5.41) is 2.85. The van der Waals surface area contributed by atoms with Crippen LogP contribution >= 0.6 is 0 Å². The summed E-state index contributed by atoms with van der Waals surface area (Å²) in [5.41, 5.74) is 1.02. The minimum Gasteiger partial charge on any atom is -0.472 e. The van der Waals surface area contributed by atoms with E-state index in [-0.39, 0.29) is 11.8 Å². The average Bonchev–Trinajstić information content (AvgIpc) is 2.80. The number of carbonyl (C=O) groups is 1. The van der Waals surface area contributed by atoms with Gasteiger partial charge in [-0.1, -0.05) is 0 Å². The highest BCUT2D eigenvalue weighted by Crippen LogP contribution is 2.28. The van der Waals surface area contributed by atoms with Gasteiger partial charge < -0.3 is 9.73 Å². The third kappa shape index (κ3) is 1.67. The normalized spacial score (nSPS) is 16.0. The number of hydrogen-bond donors (Lipinski definition) is 1. The van der Waals surface area contributed by atoms with Crippen LogP contribution in [-0.4, -0.2) is 5.91 Å². The van der Waals surface area contributed by atoms with E-state index in [0.29, 0.717) is 6.54 Å². The molecule has 1 heterocycles. The minimum atomic E-state index is 0.177. The number of nitrogens with one attached hydrogen (secondary N) is 1. The summed E-state index contributed by atoms with van der Waals surface area (Å²) in [6.07, 6.45) is 5.36. The molecule has 12 heavy (non-hydrogen) atoms. The second-order valence-corrected chi connectivity index (χ2v) is 3.12. The molecule has 1 N–H and O–H groups in total. The largest absolute Gasteiger partial charge is 0.472 e. The van der Waals surface area contributed by atoms with Crippen LogP contribution in [-0.2, 0) is 11.3 Å². The van der Waals surface area contributed by atoms with Gasteiger partial charge in [-0.3, -0.25) is 4.79 Å². The van der Waals surface area contributed by atoms with Crippen molar-refractivity contribution in [2.45, 2.75) is 19.4 Å². The highest BCUT2D eigenvalue weighted by atomic mass is 16.3. The molecule has 3 heteroatoms. The first-order valence-corrected chi connectivity index (χ1v) is 4.15.